The monoisotopic (exact) mass is 206 g/mol. The highest BCUT2D eigenvalue weighted by molar-refractivity contribution is 7.84. The third kappa shape index (κ3) is 5.53. The van der Waals surface area contributed by atoms with Crippen LogP contribution in [0.2, 0.25) is 0 Å². The molecule has 0 rings (SSSR count). The Bertz CT molecular complexity index is 251. The summed E-state index contributed by atoms with van der Waals surface area (Å²) in [5.74, 6) is 0. The van der Waals surface area contributed by atoms with Gasteiger partial charge in [0, 0.05) is 20.1 Å². The molecule has 0 spiro atoms. The Labute approximate surface area is 78.9 Å². The molecule has 0 aliphatic heterocycles. The molecule has 6 heteroatoms. The fourth-order valence-electron chi connectivity index (χ4n) is 0.599. The van der Waals surface area contributed by atoms with Gasteiger partial charge in [-0.05, 0) is 0 Å². The van der Waals surface area contributed by atoms with Gasteiger partial charge in [-0.2, -0.15) is 22.5 Å². The van der Waals surface area contributed by atoms with Crippen LogP contribution in [-0.2, 0) is 14.6 Å². The second kappa shape index (κ2) is 5.87. The molecule has 0 saturated heterocycles. The van der Waals surface area contributed by atoms with Crippen molar-refractivity contribution in [3.63, 3.8) is 0 Å². The second-order valence-corrected chi connectivity index (χ2v) is 3.62. The number of hydrogen-bond donors (Lipinski definition) is 1. The Morgan fingerprint density at radius 2 is 1.85 bits per heavy atom. The first-order chi connectivity index (χ1) is 6.05. The van der Waals surface area contributed by atoms with Gasteiger partial charge in [0.05, 0.1) is 0 Å². The van der Waals surface area contributed by atoms with Crippen LogP contribution in [0.15, 0.2) is 25.3 Å². The molecule has 0 amide bonds. The van der Waals surface area contributed by atoms with Gasteiger partial charge in [0.15, 0.2) is 0 Å². The van der Waals surface area contributed by atoms with Gasteiger partial charge in [0.2, 0.25) is 0 Å². The van der Waals surface area contributed by atoms with Gasteiger partial charge < -0.3 is 0 Å². The van der Waals surface area contributed by atoms with Crippen LogP contribution in [0.4, 0.5) is 0 Å². The molecule has 0 heterocycles. The highest BCUT2D eigenvalue weighted by Gasteiger charge is 2.12. The Morgan fingerprint density at radius 1 is 1.38 bits per heavy atom. The zero-order valence-electron chi connectivity index (χ0n) is 7.56. The van der Waals surface area contributed by atoms with Crippen LogP contribution in [0.25, 0.3) is 0 Å². The minimum absolute atomic E-state index is 0.312. The summed E-state index contributed by atoms with van der Waals surface area (Å²) in [5.41, 5.74) is 0. The molecule has 0 aliphatic rings. The molecular formula is C7H14N2O3S. The van der Waals surface area contributed by atoms with Crippen LogP contribution in [-0.4, -0.2) is 33.6 Å². The van der Waals surface area contributed by atoms with E-state index in [4.69, 9.17) is 0 Å². The third-order valence-electron chi connectivity index (χ3n) is 1.12. The maximum atomic E-state index is 10.9. The standard InChI is InChI=1S/C7H14N2O3S/c1-4-6-9(7-5-2)12-13(10,11)8-3/h4-5,8H,1-2,6-7H2,3H3. The summed E-state index contributed by atoms with van der Waals surface area (Å²) in [6.07, 6.45) is 3.07. The quantitative estimate of drug-likeness (QED) is 0.472. The molecule has 0 radical (unpaired) electrons. The van der Waals surface area contributed by atoms with Crippen molar-refractivity contribution >= 4 is 10.3 Å². The van der Waals surface area contributed by atoms with Crippen molar-refractivity contribution in [2.75, 3.05) is 20.1 Å². The van der Waals surface area contributed by atoms with Crippen LogP contribution in [0, 0.1) is 0 Å². The predicted octanol–water partition coefficient (Wildman–Crippen LogP) is 0.0562. The third-order valence-corrected chi connectivity index (χ3v) is 2.03. The first-order valence-electron chi connectivity index (χ1n) is 3.65. The Hall–Kier alpha value is -0.690. The molecule has 0 aromatic carbocycles. The van der Waals surface area contributed by atoms with E-state index in [9.17, 15) is 8.42 Å². The van der Waals surface area contributed by atoms with Crippen molar-refractivity contribution < 1.29 is 12.7 Å². The minimum Gasteiger partial charge on any atom is -0.194 e. The maximum Gasteiger partial charge on any atom is 0.351 e. The van der Waals surface area contributed by atoms with Gasteiger partial charge in [-0.1, -0.05) is 12.2 Å². The number of hydroxylamine groups is 2. The summed E-state index contributed by atoms with van der Waals surface area (Å²) in [6.45, 7) is 7.56. The summed E-state index contributed by atoms with van der Waals surface area (Å²) >= 11 is 0. The first kappa shape index (κ1) is 12.3. The molecule has 0 bridgehead atoms. The fraction of sp³-hybridized carbons (Fsp3) is 0.429. The summed E-state index contributed by atoms with van der Waals surface area (Å²) in [5, 5.41) is 1.21. The van der Waals surface area contributed by atoms with E-state index in [2.05, 4.69) is 17.4 Å². The van der Waals surface area contributed by atoms with E-state index >= 15 is 0 Å². The van der Waals surface area contributed by atoms with Crippen molar-refractivity contribution in [3.05, 3.63) is 25.3 Å². The normalized spacial score (nSPS) is 11.5. The van der Waals surface area contributed by atoms with Crippen LogP contribution in [0.5, 0.6) is 0 Å². The molecule has 0 unspecified atom stereocenters. The SMILES string of the molecule is C=CCN(CC=C)OS(=O)(=O)NC. The molecule has 1 N–H and O–H groups in total. The zero-order valence-corrected chi connectivity index (χ0v) is 8.38. The zero-order chi connectivity index (χ0) is 10.3. The highest BCUT2D eigenvalue weighted by Crippen LogP contribution is 1.96. The largest absolute Gasteiger partial charge is 0.351 e. The lowest BCUT2D eigenvalue weighted by molar-refractivity contribution is -0.0297. The van der Waals surface area contributed by atoms with Crippen LogP contribution in [0.1, 0.15) is 0 Å². The van der Waals surface area contributed by atoms with Crippen LogP contribution < -0.4 is 4.72 Å². The summed E-state index contributed by atoms with van der Waals surface area (Å²) in [6, 6.07) is 0. The topological polar surface area (TPSA) is 58.6 Å². The summed E-state index contributed by atoms with van der Waals surface area (Å²) < 4.78 is 28.5. The van der Waals surface area contributed by atoms with E-state index in [1.807, 2.05) is 4.72 Å². The molecule has 76 valence electrons. The van der Waals surface area contributed by atoms with Gasteiger partial charge in [-0.3, -0.25) is 0 Å². The average Bonchev–Trinajstić information content (AvgIpc) is 2.05. The lowest BCUT2D eigenvalue weighted by Crippen LogP contribution is -2.33. The number of rotatable bonds is 7. The Kier molecular flexibility index (Phi) is 5.56. The molecule has 0 aromatic heterocycles. The van der Waals surface area contributed by atoms with E-state index in [0.29, 0.717) is 13.1 Å². The molecule has 0 atom stereocenters. The lowest BCUT2D eigenvalue weighted by atomic mass is 10.5. The summed E-state index contributed by atoms with van der Waals surface area (Å²) in [7, 11) is -2.41. The van der Waals surface area contributed by atoms with Crippen molar-refractivity contribution in [2.24, 2.45) is 0 Å². The van der Waals surface area contributed by atoms with E-state index < -0.39 is 10.3 Å². The second-order valence-electron chi connectivity index (χ2n) is 2.16. The highest BCUT2D eigenvalue weighted by atomic mass is 32.2. The van der Waals surface area contributed by atoms with E-state index in [-0.39, 0.29) is 0 Å². The number of nitrogens with one attached hydrogen (secondary N) is 1. The average molecular weight is 206 g/mol. The Morgan fingerprint density at radius 3 is 2.15 bits per heavy atom. The van der Waals surface area contributed by atoms with Crippen molar-refractivity contribution in [1.82, 2.24) is 9.79 Å². The van der Waals surface area contributed by atoms with Gasteiger partial charge in [0.25, 0.3) is 0 Å². The first-order valence-corrected chi connectivity index (χ1v) is 5.06. The minimum atomic E-state index is -3.68. The van der Waals surface area contributed by atoms with Crippen LogP contribution in [0.3, 0.4) is 0 Å². The number of nitrogens with zero attached hydrogens (tertiary/aromatic N) is 1. The number of hydrogen-bond acceptors (Lipinski definition) is 4. The summed E-state index contributed by atoms with van der Waals surface area (Å²) in [4.78, 5) is 0. The maximum absolute atomic E-state index is 10.9. The van der Waals surface area contributed by atoms with Crippen molar-refractivity contribution in [2.45, 2.75) is 0 Å². The molecule has 0 fully saturated rings. The predicted molar refractivity (Wildman–Crippen MR) is 51.0 cm³/mol. The smallest absolute Gasteiger partial charge is 0.194 e. The van der Waals surface area contributed by atoms with Crippen LogP contribution >= 0.6 is 0 Å². The molecule has 0 saturated carbocycles. The van der Waals surface area contributed by atoms with Gasteiger partial charge >= 0.3 is 10.3 Å². The molecule has 0 aliphatic carbocycles. The molecule has 5 nitrogen and oxygen atoms in total. The van der Waals surface area contributed by atoms with Crippen molar-refractivity contribution in [1.29, 1.82) is 0 Å². The van der Waals surface area contributed by atoms with E-state index in [0.717, 1.165) is 0 Å². The van der Waals surface area contributed by atoms with Gasteiger partial charge in [-0.25, -0.2) is 0 Å². The molecule has 13 heavy (non-hydrogen) atoms. The molecule has 0 aromatic rings. The van der Waals surface area contributed by atoms with Crippen molar-refractivity contribution in [3.8, 4) is 0 Å². The fourth-order valence-corrected chi connectivity index (χ4v) is 1.07. The van der Waals surface area contributed by atoms with Gasteiger partial charge in [0.1, 0.15) is 0 Å². The van der Waals surface area contributed by atoms with E-state index in [1.54, 1.807) is 0 Å². The lowest BCUT2D eigenvalue weighted by Gasteiger charge is -2.16. The molecular weight excluding hydrogens is 192 g/mol. The Balaban J connectivity index is 4.23. The van der Waals surface area contributed by atoms with E-state index in [1.165, 1.54) is 24.3 Å². The van der Waals surface area contributed by atoms with Gasteiger partial charge in [-0.15, -0.1) is 13.2 Å².